The average molecular weight is 377 g/mol. The van der Waals surface area contributed by atoms with E-state index in [1.807, 2.05) is 30.3 Å². The van der Waals surface area contributed by atoms with Crippen molar-refractivity contribution in [3.8, 4) is 0 Å². The maximum Gasteiger partial charge on any atom is 0.418 e. The van der Waals surface area contributed by atoms with Gasteiger partial charge in [0, 0.05) is 20.7 Å². The fourth-order valence-corrected chi connectivity index (χ4v) is 3.35. The first kappa shape index (κ1) is 16.4. The zero-order valence-electron chi connectivity index (χ0n) is 10.8. The smallest absolute Gasteiger partial charge is 0.379 e. The van der Waals surface area contributed by atoms with Crippen LogP contribution in [0.2, 0.25) is 0 Å². The lowest BCUT2D eigenvalue weighted by molar-refractivity contribution is -0.207. The van der Waals surface area contributed by atoms with Gasteiger partial charge in [-0.3, -0.25) is 0 Å². The first-order valence-corrected chi connectivity index (χ1v) is 7.87. The van der Waals surface area contributed by atoms with Crippen LogP contribution in [0.4, 0.5) is 13.2 Å². The van der Waals surface area contributed by atoms with Crippen LogP contribution in [0.15, 0.2) is 57.9 Å². The van der Waals surface area contributed by atoms with Crippen LogP contribution >= 0.6 is 27.7 Å². The minimum atomic E-state index is -4.67. The second-order valence-electron chi connectivity index (χ2n) is 4.40. The van der Waals surface area contributed by atoms with Crippen molar-refractivity contribution in [1.82, 2.24) is 0 Å². The Morgan fingerprint density at radius 3 is 2.38 bits per heavy atom. The van der Waals surface area contributed by atoms with E-state index in [9.17, 15) is 18.3 Å². The zero-order valence-corrected chi connectivity index (χ0v) is 13.2. The number of alkyl halides is 3. The largest absolute Gasteiger partial charge is 0.418 e. The molecule has 0 saturated carbocycles. The van der Waals surface area contributed by atoms with Crippen LogP contribution in [0.25, 0.3) is 0 Å². The second kappa shape index (κ2) is 6.85. The summed E-state index contributed by atoms with van der Waals surface area (Å²) in [7, 11) is 0. The molecule has 2 aromatic carbocycles. The molecule has 0 saturated heterocycles. The summed E-state index contributed by atoms with van der Waals surface area (Å²) >= 11 is 4.51. The van der Waals surface area contributed by atoms with Gasteiger partial charge in [0.05, 0.1) is 0 Å². The van der Waals surface area contributed by atoms with E-state index in [0.29, 0.717) is 15.1 Å². The Hall–Kier alpha value is -0.980. The van der Waals surface area contributed by atoms with E-state index in [-0.39, 0.29) is 5.56 Å². The Labute approximate surface area is 133 Å². The Kier molecular flexibility index (Phi) is 5.35. The molecule has 1 N–H and O–H groups in total. The molecule has 1 nitrogen and oxygen atoms in total. The Morgan fingerprint density at radius 1 is 1.10 bits per heavy atom. The number of aliphatic hydroxyl groups excluding tert-OH is 1. The topological polar surface area (TPSA) is 20.2 Å². The summed E-state index contributed by atoms with van der Waals surface area (Å²) in [6, 6.07) is 13.8. The van der Waals surface area contributed by atoms with Crippen molar-refractivity contribution < 1.29 is 18.3 Å². The first-order chi connectivity index (χ1) is 9.88. The lowest BCUT2D eigenvalue weighted by Crippen LogP contribution is -2.20. The molecule has 0 aliphatic heterocycles. The average Bonchev–Trinajstić information content (AvgIpc) is 2.45. The lowest BCUT2D eigenvalue weighted by Gasteiger charge is -2.18. The summed E-state index contributed by atoms with van der Waals surface area (Å²) in [5, 5.41) is 9.47. The summed E-state index contributed by atoms with van der Waals surface area (Å²) in [4.78, 5) is 0.415. The minimum Gasteiger partial charge on any atom is -0.379 e. The number of hydrogen-bond acceptors (Lipinski definition) is 2. The third-order valence-corrected chi connectivity index (χ3v) is 4.45. The number of hydrogen-bond donors (Lipinski definition) is 1. The standard InChI is InChI=1S/C15H12BrF3OS/c16-11-6-7-12(14(20)15(17,18)19)13(8-11)21-9-10-4-2-1-3-5-10/h1-8,14,20H,9H2. The van der Waals surface area contributed by atoms with Crippen LogP contribution in [0.3, 0.4) is 0 Å². The predicted molar refractivity (Wildman–Crippen MR) is 81.2 cm³/mol. The molecule has 0 aromatic heterocycles. The summed E-state index contributed by atoms with van der Waals surface area (Å²) in [5.74, 6) is 0.537. The van der Waals surface area contributed by atoms with Gasteiger partial charge in [0.15, 0.2) is 6.10 Å². The van der Waals surface area contributed by atoms with Crippen LogP contribution in [-0.4, -0.2) is 11.3 Å². The zero-order chi connectivity index (χ0) is 15.5. The van der Waals surface area contributed by atoms with Gasteiger partial charge in [0.1, 0.15) is 0 Å². The van der Waals surface area contributed by atoms with Gasteiger partial charge >= 0.3 is 6.18 Å². The maximum atomic E-state index is 12.7. The molecule has 0 amide bonds. The molecule has 2 aromatic rings. The van der Waals surface area contributed by atoms with Gasteiger partial charge in [-0.1, -0.05) is 52.3 Å². The van der Waals surface area contributed by atoms with Crippen molar-refractivity contribution in [3.63, 3.8) is 0 Å². The van der Waals surface area contributed by atoms with E-state index < -0.39 is 12.3 Å². The highest BCUT2D eigenvalue weighted by molar-refractivity contribution is 9.10. The Balaban J connectivity index is 2.23. The molecule has 0 aliphatic rings. The molecular weight excluding hydrogens is 365 g/mol. The summed E-state index contributed by atoms with van der Waals surface area (Å²) in [6.45, 7) is 0. The van der Waals surface area contributed by atoms with Gasteiger partial charge in [-0.2, -0.15) is 13.2 Å². The predicted octanol–water partition coefficient (Wildman–Crippen LogP) is 5.34. The van der Waals surface area contributed by atoms with E-state index in [2.05, 4.69) is 15.9 Å². The van der Waals surface area contributed by atoms with Gasteiger partial charge in [-0.05, 0) is 17.7 Å². The van der Waals surface area contributed by atoms with Crippen molar-refractivity contribution in [2.24, 2.45) is 0 Å². The van der Waals surface area contributed by atoms with Gasteiger partial charge in [0.25, 0.3) is 0 Å². The van der Waals surface area contributed by atoms with E-state index in [1.54, 1.807) is 6.07 Å². The highest BCUT2D eigenvalue weighted by Gasteiger charge is 2.40. The van der Waals surface area contributed by atoms with Crippen molar-refractivity contribution in [3.05, 3.63) is 64.1 Å². The normalized spacial score (nSPS) is 13.2. The molecule has 1 unspecified atom stereocenters. The van der Waals surface area contributed by atoms with Crippen molar-refractivity contribution >= 4 is 27.7 Å². The SMILES string of the molecule is OC(c1ccc(Br)cc1SCc1ccccc1)C(F)(F)F. The van der Waals surface area contributed by atoms with Crippen molar-refractivity contribution in [1.29, 1.82) is 0 Å². The molecule has 0 heterocycles. The first-order valence-electron chi connectivity index (χ1n) is 6.09. The summed E-state index contributed by atoms with van der Waals surface area (Å²) in [5.41, 5.74) is 0.890. The second-order valence-corrected chi connectivity index (χ2v) is 6.33. The lowest BCUT2D eigenvalue weighted by atomic mass is 10.1. The van der Waals surface area contributed by atoms with Gasteiger partial charge in [0.2, 0.25) is 0 Å². The molecule has 0 bridgehead atoms. The van der Waals surface area contributed by atoms with Gasteiger partial charge < -0.3 is 5.11 Å². The quantitative estimate of drug-likeness (QED) is 0.727. The Morgan fingerprint density at radius 2 is 1.76 bits per heavy atom. The Bertz CT molecular complexity index is 602. The number of halogens is 4. The van der Waals surface area contributed by atoms with Crippen LogP contribution in [-0.2, 0) is 5.75 Å². The molecule has 6 heteroatoms. The van der Waals surface area contributed by atoms with Crippen molar-refractivity contribution in [2.75, 3.05) is 0 Å². The van der Waals surface area contributed by atoms with E-state index in [0.717, 1.165) is 5.56 Å². The van der Waals surface area contributed by atoms with Crippen LogP contribution in [0.1, 0.15) is 17.2 Å². The van der Waals surface area contributed by atoms with E-state index in [4.69, 9.17) is 0 Å². The number of benzene rings is 2. The van der Waals surface area contributed by atoms with Crippen LogP contribution in [0.5, 0.6) is 0 Å². The van der Waals surface area contributed by atoms with Gasteiger partial charge in [-0.15, -0.1) is 11.8 Å². The molecule has 0 spiro atoms. The van der Waals surface area contributed by atoms with Gasteiger partial charge in [-0.25, -0.2) is 0 Å². The fourth-order valence-electron chi connectivity index (χ4n) is 1.77. The maximum absolute atomic E-state index is 12.7. The molecule has 21 heavy (non-hydrogen) atoms. The third kappa shape index (κ3) is 4.49. The highest BCUT2D eigenvalue weighted by atomic mass is 79.9. The molecule has 0 aliphatic carbocycles. The number of aliphatic hydroxyl groups is 1. The molecule has 0 fully saturated rings. The van der Waals surface area contributed by atoms with Crippen molar-refractivity contribution in [2.45, 2.75) is 22.9 Å². The fraction of sp³-hybridized carbons (Fsp3) is 0.200. The van der Waals surface area contributed by atoms with Crippen LogP contribution < -0.4 is 0 Å². The third-order valence-electron chi connectivity index (χ3n) is 2.82. The molecule has 2 rings (SSSR count). The number of rotatable bonds is 4. The molecule has 1 atom stereocenters. The number of thioether (sulfide) groups is 1. The van der Waals surface area contributed by atoms with E-state index >= 15 is 0 Å². The molecule has 0 radical (unpaired) electrons. The summed E-state index contributed by atoms with van der Waals surface area (Å²) < 4.78 is 38.8. The summed E-state index contributed by atoms with van der Waals surface area (Å²) in [6.07, 6.45) is -7.14. The highest BCUT2D eigenvalue weighted by Crippen LogP contribution is 2.39. The minimum absolute atomic E-state index is 0.119. The molecule has 112 valence electrons. The molecular formula is C15H12BrF3OS. The van der Waals surface area contributed by atoms with Crippen LogP contribution in [0, 0.1) is 0 Å². The van der Waals surface area contributed by atoms with E-state index in [1.165, 1.54) is 23.9 Å². The monoisotopic (exact) mass is 376 g/mol.